The summed E-state index contributed by atoms with van der Waals surface area (Å²) in [6.07, 6.45) is 3.35. The molecule has 1 unspecified atom stereocenters. The summed E-state index contributed by atoms with van der Waals surface area (Å²) in [5.74, 6) is 0. The van der Waals surface area contributed by atoms with E-state index in [9.17, 15) is 0 Å². The molecule has 0 fully saturated rings. The number of aryl methyl sites for hydroxylation is 1. The Balaban J connectivity index is 2.18. The second-order valence-electron chi connectivity index (χ2n) is 4.70. The SMILES string of the molecule is Cc1nn(-c2ccccc2)c2c1CCCC2N. The van der Waals surface area contributed by atoms with Gasteiger partial charge in [-0.3, -0.25) is 0 Å². The predicted molar refractivity (Wildman–Crippen MR) is 68.2 cm³/mol. The molecule has 3 nitrogen and oxygen atoms in total. The molecule has 0 saturated heterocycles. The molecule has 3 rings (SSSR count). The zero-order chi connectivity index (χ0) is 11.8. The van der Waals surface area contributed by atoms with Crippen molar-refractivity contribution in [3.63, 3.8) is 0 Å². The molecule has 0 aliphatic heterocycles. The van der Waals surface area contributed by atoms with Crippen LogP contribution in [0.4, 0.5) is 0 Å². The summed E-state index contributed by atoms with van der Waals surface area (Å²) in [6.45, 7) is 2.08. The molecule has 0 bridgehead atoms. The molecule has 0 amide bonds. The van der Waals surface area contributed by atoms with E-state index in [1.165, 1.54) is 17.7 Å². The lowest BCUT2D eigenvalue weighted by molar-refractivity contribution is 0.542. The molecule has 88 valence electrons. The van der Waals surface area contributed by atoms with Crippen molar-refractivity contribution in [2.45, 2.75) is 32.2 Å². The Morgan fingerprint density at radius 2 is 2.06 bits per heavy atom. The van der Waals surface area contributed by atoms with Gasteiger partial charge >= 0.3 is 0 Å². The van der Waals surface area contributed by atoms with Gasteiger partial charge < -0.3 is 5.73 Å². The van der Waals surface area contributed by atoms with Gasteiger partial charge in [-0.1, -0.05) is 18.2 Å². The highest BCUT2D eigenvalue weighted by atomic mass is 15.3. The van der Waals surface area contributed by atoms with E-state index in [-0.39, 0.29) is 6.04 Å². The third-order valence-electron chi connectivity index (χ3n) is 3.52. The van der Waals surface area contributed by atoms with Crippen LogP contribution in [-0.2, 0) is 6.42 Å². The zero-order valence-corrected chi connectivity index (χ0v) is 10.1. The molecule has 2 aromatic rings. The van der Waals surface area contributed by atoms with Gasteiger partial charge in [0.05, 0.1) is 17.1 Å². The van der Waals surface area contributed by atoms with E-state index in [1.807, 2.05) is 22.9 Å². The molecule has 0 spiro atoms. The van der Waals surface area contributed by atoms with Gasteiger partial charge in [-0.25, -0.2) is 4.68 Å². The second kappa shape index (κ2) is 4.00. The topological polar surface area (TPSA) is 43.8 Å². The van der Waals surface area contributed by atoms with Crippen molar-refractivity contribution in [3.8, 4) is 5.69 Å². The fourth-order valence-corrected chi connectivity index (χ4v) is 2.67. The Bertz CT molecular complexity index is 528. The zero-order valence-electron chi connectivity index (χ0n) is 10.1. The van der Waals surface area contributed by atoms with Gasteiger partial charge in [0.25, 0.3) is 0 Å². The molecule has 1 aromatic heterocycles. The van der Waals surface area contributed by atoms with E-state index in [0.717, 1.165) is 24.2 Å². The number of para-hydroxylation sites is 1. The highest BCUT2D eigenvalue weighted by Gasteiger charge is 2.24. The van der Waals surface area contributed by atoms with Crippen LogP contribution in [0.2, 0.25) is 0 Å². The highest BCUT2D eigenvalue weighted by Crippen LogP contribution is 2.31. The lowest BCUT2D eigenvalue weighted by atomic mass is 9.92. The van der Waals surface area contributed by atoms with Gasteiger partial charge in [-0.2, -0.15) is 5.10 Å². The van der Waals surface area contributed by atoms with Crippen LogP contribution in [-0.4, -0.2) is 9.78 Å². The Labute approximate surface area is 101 Å². The second-order valence-corrected chi connectivity index (χ2v) is 4.70. The molecule has 2 N–H and O–H groups in total. The number of aromatic nitrogens is 2. The Morgan fingerprint density at radius 3 is 2.82 bits per heavy atom. The maximum Gasteiger partial charge on any atom is 0.0649 e. The summed E-state index contributed by atoms with van der Waals surface area (Å²) in [6, 6.07) is 10.4. The van der Waals surface area contributed by atoms with Crippen molar-refractivity contribution in [1.29, 1.82) is 0 Å². The minimum atomic E-state index is 0.125. The molecule has 1 aromatic carbocycles. The summed E-state index contributed by atoms with van der Waals surface area (Å²) in [5, 5.41) is 4.65. The normalized spacial score (nSPS) is 19.1. The van der Waals surface area contributed by atoms with Crippen LogP contribution < -0.4 is 5.73 Å². The maximum absolute atomic E-state index is 6.24. The molecular weight excluding hydrogens is 210 g/mol. The van der Waals surface area contributed by atoms with E-state index >= 15 is 0 Å². The predicted octanol–water partition coefficient (Wildman–Crippen LogP) is 2.52. The average molecular weight is 227 g/mol. The molecule has 1 heterocycles. The quantitative estimate of drug-likeness (QED) is 0.813. The monoisotopic (exact) mass is 227 g/mol. The standard InChI is InChI=1S/C14H17N3/c1-10-12-8-5-9-13(15)14(12)17(16-10)11-6-3-2-4-7-11/h2-4,6-7,13H,5,8-9,15H2,1H3. The van der Waals surface area contributed by atoms with Crippen LogP contribution in [0.15, 0.2) is 30.3 Å². The average Bonchev–Trinajstić information content (AvgIpc) is 2.70. The van der Waals surface area contributed by atoms with Crippen molar-refractivity contribution in [1.82, 2.24) is 9.78 Å². The lowest BCUT2D eigenvalue weighted by Crippen LogP contribution is -2.20. The first-order valence-corrected chi connectivity index (χ1v) is 6.17. The van der Waals surface area contributed by atoms with Gasteiger partial charge in [0.1, 0.15) is 0 Å². The minimum Gasteiger partial charge on any atom is -0.323 e. The number of nitrogens with zero attached hydrogens (tertiary/aromatic N) is 2. The van der Waals surface area contributed by atoms with Gasteiger partial charge in [0, 0.05) is 6.04 Å². The van der Waals surface area contributed by atoms with Crippen LogP contribution in [0.25, 0.3) is 5.69 Å². The van der Waals surface area contributed by atoms with E-state index in [2.05, 4.69) is 24.2 Å². The lowest BCUT2D eigenvalue weighted by Gasteiger charge is -2.20. The van der Waals surface area contributed by atoms with Crippen molar-refractivity contribution in [2.75, 3.05) is 0 Å². The summed E-state index contributed by atoms with van der Waals surface area (Å²) < 4.78 is 2.02. The van der Waals surface area contributed by atoms with Gasteiger partial charge in [-0.05, 0) is 43.9 Å². The highest BCUT2D eigenvalue weighted by molar-refractivity contribution is 5.39. The Morgan fingerprint density at radius 1 is 1.29 bits per heavy atom. The van der Waals surface area contributed by atoms with Crippen LogP contribution in [0.1, 0.15) is 35.8 Å². The molecule has 17 heavy (non-hydrogen) atoms. The number of hydrogen-bond acceptors (Lipinski definition) is 2. The van der Waals surface area contributed by atoms with Crippen LogP contribution in [0.3, 0.4) is 0 Å². The summed E-state index contributed by atoms with van der Waals surface area (Å²) >= 11 is 0. The number of fused-ring (bicyclic) bond motifs is 1. The maximum atomic E-state index is 6.24. The first kappa shape index (κ1) is 10.5. The fraction of sp³-hybridized carbons (Fsp3) is 0.357. The molecule has 1 aliphatic carbocycles. The van der Waals surface area contributed by atoms with Gasteiger partial charge in [0.15, 0.2) is 0 Å². The van der Waals surface area contributed by atoms with E-state index in [4.69, 9.17) is 5.73 Å². The van der Waals surface area contributed by atoms with Crippen molar-refractivity contribution in [2.24, 2.45) is 5.73 Å². The molecule has 0 saturated carbocycles. The molecule has 0 radical (unpaired) electrons. The number of benzene rings is 1. The van der Waals surface area contributed by atoms with Crippen molar-refractivity contribution < 1.29 is 0 Å². The Kier molecular flexibility index (Phi) is 2.48. The van der Waals surface area contributed by atoms with Crippen LogP contribution in [0, 0.1) is 6.92 Å². The third kappa shape index (κ3) is 1.67. The van der Waals surface area contributed by atoms with Crippen LogP contribution >= 0.6 is 0 Å². The summed E-state index contributed by atoms with van der Waals surface area (Å²) in [7, 11) is 0. The fourth-order valence-electron chi connectivity index (χ4n) is 2.67. The van der Waals surface area contributed by atoms with Crippen molar-refractivity contribution in [3.05, 3.63) is 47.3 Å². The number of nitrogens with two attached hydrogens (primary N) is 1. The molecule has 1 atom stereocenters. The molecule has 3 heteroatoms. The third-order valence-corrected chi connectivity index (χ3v) is 3.52. The first-order chi connectivity index (χ1) is 8.27. The van der Waals surface area contributed by atoms with E-state index < -0.39 is 0 Å². The first-order valence-electron chi connectivity index (χ1n) is 6.17. The minimum absolute atomic E-state index is 0.125. The molecular formula is C14H17N3. The van der Waals surface area contributed by atoms with Gasteiger partial charge in [-0.15, -0.1) is 0 Å². The molecule has 1 aliphatic rings. The number of rotatable bonds is 1. The largest absolute Gasteiger partial charge is 0.323 e. The van der Waals surface area contributed by atoms with Gasteiger partial charge in [0.2, 0.25) is 0 Å². The van der Waals surface area contributed by atoms with Crippen molar-refractivity contribution >= 4 is 0 Å². The summed E-state index contributed by atoms with van der Waals surface area (Å²) in [4.78, 5) is 0. The van der Waals surface area contributed by atoms with Crippen LogP contribution in [0.5, 0.6) is 0 Å². The van der Waals surface area contributed by atoms with E-state index in [1.54, 1.807) is 0 Å². The number of hydrogen-bond donors (Lipinski definition) is 1. The van der Waals surface area contributed by atoms with E-state index in [0.29, 0.717) is 0 Å². The smallest absolute Gasteiger partial charge is 0.0649 e. The Hall–Kier alpha value is -1.61. The summed E-state index contributed by atoms with van der Waals surface area (Å²) in [5.41, 5.74) is 11.0.